The van der Waals surface area contributed by atoms with Crippen LogP contribution in [0.1, 0.15) is 24.8 Å². The molecule has 0 unspecified atom stereocenters. The molecule has 0 aliphatic heterocycles. The molecule has 1 N–H and O–H groups in total. The van der Waals surface area contributed by atoms with Gasteiger partial charge in [0.05, 0.1) is 18.5 Å². The first-order valence-corrected chi connectivity index (χ1v) is 11.9. The van der Waals surface area contributed by atoms with Crippen LogP contribution in [0.4, 0.5) is 5.69 Å². The van der Waals surface area contributed by atoms with Gasteiger partial charge in [-0.15, -0.1) is 0 Å². The molecule has 10 heteroatoms. The Balaban J connectivity index is 1.58. The zero-order valence-corrected chi connectivity index (χ0v) is 19.2. The molecular weight excluding hydrogens is 432 g/mol. The third-order valence-corrected chi connectivity index (χ3v) is 6.04. The summed E-state index contributed by atoms with van der Waals surface area (Å²) >= 11 is 0. The molecule has 1 aromatic heterocycles. The van der Waals surface area contributed by atoms with E-state index in [1.807, 2.05) is 38.1 Å². The van der Waals surface area contributed by atoms with Gasteiger partial charge in [0.2, 0.25) is 21.7 Å². The number of nitrogens with one attached hydrogen (secondary N) is 1. The van der Waals surface area contributed by atoms with Gasteiger partial charge in [0, 0.05) is 12.6 Å². The van der Waals surface area contributed by atoms with Crippen molar-refractivity contribution in [2.75, 3.05) is 17.6 Å². The Morgan fingerprint density at radius 3 is 2.41 bits per heavy atom. The zero-order chi connectivity index (χ0) is 23.3. The SMILES string of the molecule is CC[C@@H](Oc1ccc(N(C)S(C)(=O)=O)cc1)C(=O)NCc1nc(-c2ccc(C)cc2)no1. The van der Waals surface area contributed by atoms with Gasteiger partial charge >= 0.3 is 0 Å². The fourth-order valence-corrected chi connectivity index (χ4v) is 3.34. The van der Waals surface area contributed by atoms with Crippen molar-refractivity contribution in [3.05, 3.63) is 60.0 Å². The Hall–Kier alpha value is -3.40. The minimum atomic E-state index is -3.35. The van der Waals surface area contributed by atoms with Gasteiger partial charge in [-0.05, 0) is 37.6 Å². The van der Waals surface area contributed by atoms with E-state index in [9.17, 15) is 13.2 Å². The van der Waals surface area contributed by atoms with Crippen LogP contribution >= 0.6 is 0 Å². The zero-order valence-electron chi connectivity index (χ0n) is 18.4. The summed E-state index contributed by atoms with van der Waals surface area (Å²) in [6.07, 6.45) is 0.838. The number of carbonyl (C=O) groups excluding carboxylic acids is 1. The highest BCUT2D eigenvalue weighted by atomic mass is 32.2. The van der Waals surface area contributed by atoms with Gasteiger partial charge in [0.15, 0.2) is 6.10 Å². The summed E-state index contributed by atoms with van der Waals surface area (Å²) in [5, 5.41) is 6.70. The molecule has 0 saturated carbocycles. The van der Waals surface area contributed by atoms with Crippen molar-refractivity contribution in [2.45, 2.75) is 32.9 Å². The highest BCUT2D eigenvalue weighted by molar-refractivity contribution is 7.92. The number of nitrogens with zero attached hydrogens (tertiary/aromatic N) is 3. The molecule has 1 amide bonds. The summed E-state index contributed by atoms with van der Waals surface area (Å²) in [5.74, 6) is 0.880. The summed E-state index contributed by atoms with van der Waals surface area (Å²) in [4.78, 5) is 16.9. The Morgan fingerprint density at radius 2 is 1.81 bits per heavy atom. The predicted octanol–water partition coefficient (Wildman–Crippen LogP) is 2.91. The Kier molecular flexibility index (Phi) is 7.14. The van der Waals surface area contributed by atoms with Crippen LogP contribution in [0.2, 0.25) is 0 Å². The number of carbonyl (C=O) groups is 1. The molecule has 3 rings (SSSR count). The van der Waals surface area contributed by atoms with Gasteiger partial charge < -0.3 is 14.6 Å². The summed E-state index contributed by atoms with van der Waals surface area (Å²) < 4.78 is 35.4. The second kappa shape index (κ2) is 9.82. The van der Waals surface area contributed by atoms with Crippen LogP contribution in [0, 0.1) is 6.92 Å². The van der Waals surface area contributed by atoms with Crippen molar-refractivity contribution in [2.24, 2.45) is 0 Å². The molecule has 9 nitrogen and oxygen atoms in total. The first-order valence-electron chi connectivity index (χ1n) is 10.1. The molecule has 32 heavy (non-hydrogen) atoms. The summed E-state index contributed by atoms with van der Waals surface area (Å²) in [6, 6.07) is 14.2. The number of hydrogen-bond acceptors (Lipinski definition) is 7. The molecule has 0 fully saturated rings. The lowest BCUT2D eigenvalue weighted by Gasteiger charge is -2.19. The highest BCUT2D eigenvalue weighted by Gasteiger charge is 2.20. The van der Waals surface area contributed by atoms with E-state index >= 15 is 0 Å². The third kappa shape index (κ3) is 5.85. The second-order valence-corrected chi connectivity index (χ2v) is 9.35. The van der Waals surface area contributed by atoms with Crippen LogP contribution in [-0.2, 0) is 21.4 Å². The number of ether oxygens (including phenoxy) is 1. The Bertz CT molecular complexity index is 1160. The van der Waals surface area contributed by atoms with Gasteiger partial charge in [0.25, 0.3) is 5.91 Å². The molecule has 0 aliphatic carbocycles. The van der Waals surface area contributed by atoms with E-state index in [1.165, 1.54) is 7.05 Å². The van der Waals surface area contributed by atoms with Crippen LogP contribution in [0.3, 0.4) is 0 Å². The minimum absolute atomic E-state index is 0.0790. The first-order chi connectivity index (χ1) is 15.2. The number of hydrogen-bond donors (Lipinski definition) is 1. The fraction of sp³-hybridized carbons (Fsp3) is 0.318. The van der Waals surface area contributed by atoms with Crippen molar-refractivity contribution in [3.63, 3.8) is 0 Å². The molecule has 1 atom stereocenters. The number of aryl methyl sites for hydroxylation is 1. The average Bonchev–Trinajstić information content (AvgIpc) is 3.24. The number of rotatable bonds is 9. The molecule has 0 saturated heterocycles. The normalized spacial score (nSPS) is 12.2. The van der Waals surface area contributed by atoms with Crippen LogP contribution in [0.5, 0.6) is 5.75 Å². The maximum Gasteiger partial charge on any atom is 0.261 e. The van der Waals surface area contributed by atoms with Gasteiger partial charge in [-0.1, -0.05) is 41.9 Å². The minimum Gasteiger partial charge on any atom is -0.481 e. The third-order valence-electron chi connectivity index (χ3n) is 4.83. The number of amides is 1. The second-order valence-electron chi connectivity index (χ2n) is 7.33. The predicted molar refractivity (Wildman–Crippen MR) is 121 cm³/mol. The lowest BCUT2D eigenvalue weighted by Crippen LogP contribution is -2.37. The summed E-state index contributed by atoms with van der Waals surface area (Å²) in [7, 11) is -1.89. The van der Waals surface area contributed by atoms with E-state index in [0.29, 0.717) is 23.7 Å². The van der Waals surface area contributed by atoms with E-state index in [4.69, 9.17) is 9.26 Å². The van der Waals surface area contributed by atoms with E-state index in [-0.39, 0.29) is 18.3 Å². The van der Waals surface area contributed by atoms with Crippen molar-refractivity contribution in [3.8, 4) is 17.1 Å². The van der Waals surface area contributed by atoms with Crippen LogP contribution < -0.4 is 14.4 Å². The van der Waals surface area contributed by atoms with E-state index in [2.05, 4.69) is 15.5 Å². The maximum atomic E-state index is 12.6. The average molecular weight is 459 g/mol. The molecule has 0 aliphatic rings. The van der Waals surface area contributed by atoms with Crippen molar-refractivity contribution < 1.29 is 22.5 Å². The van der Waals surface area contributed by atoms with Crippen LogP contribution in [0.15, 0.2) is 53.1 Å². The largest absolute Gasteiger partial charge is 0.481 e. The van der Waals surface area contributed by atoms with Crippen molar-refractivity contribution >= 4 is 21.6 Å². The molecule has 0 radical (unpaired) electrons. The lowest BCUT2D eigenvalue weighted by molar-refractivity contribution is -0.128. The number of anilines is 1. The Morgan fingerprint density at radius 1 is 1.16 bits per heavy atom. The number of benzene rings is 2. The van der Waals surface area contributed by atoms with Gasteiger partial charge in [-0.2, -0.15) is 4.98 Å². The lowest BCUT2D eigenvalue weighted by atomic mass is 10.1. The molecule has 0 bridgehead atoms. The van der Waals surface area contributed by atoms with E-state index < -0.39 is 16.1 Å². The quantitative estimate of drug-likeness (QED) is 0.524. The molecule has 3 aromatic rings. The van der Waals surface area contributed by atoms with Gasteiger partial charge in [0.1, 0.15) is 5.75 Å². The summed E-state index contributed by atoms with van der Waals surface area (Å²) in [6.45, 7) is 3.91. The maximum absolute atomic E-state index is 12.6. The topological polar surface area (TPSA) is 115 Å². The molecular formula is C22H26N4O5S. The molecule has 0 spiro atoms. The number of sulfonamides is 1. The van der Waals surface area contributed by atoms with Crippen molar-refractivity contribution in [1.29, 1.82) is 0 Å². The highest BCUT2D eigenvalue weighted by Crippen LogP contribution is 2.22. The monoisotopic (exact) mass is 458 g/mol. The standard InChI is InChI=1S/C22H26N4O5S/c1-5-19(30-18-12-10-17(11-13-18)26(3)32(4,28)29)22(27)23-14-20-24-21(25-31-20)16-8-6-15(2)7-9-16/h6-13,19H,5,14H2,1-4H3,(H,23,27)/t19-/m1/s1. The van der Waals surface area contributed by atoms with Crippen LogP contribution in [0.25, 0.3) is 11.4 Å². The van der Waals surface area contributed by atoms with Crippen LogP contribution in [-0.4, -0.2) is 43.9 Å². The van der Waals surface area contributed by atoms with E-state index in [0.717, 1.165) is 21.7 Å². The molecule has 1 heterocycles. The molecule has 2 aromatic carbocycles. The number of aromatic nitrogens is 2. The van der Waals surface area contributed by atoms with E-state index in [1.54, 1.807) is 24.3 Å². The fourth-order valence-electron chi connectivity index (χ4n) is 2.84. The molecule has 170 valence electrons. The smallest absolute Gasteiger partial charge is 0.261 e. The van der Waals surface area contributed by atoms with Gasteiger partial charge in [-0.3, -0.25) is 9.10 Å². The van der Waals surface area contributed by atoms with Crippen molar-refractivity contribution in [1.82, 2.24) is 15.5 Å². The Labute approximate surface area is 187 Å². The van der Waals surface area contributed by atoms with Gasteiger partial charge in [-0.25, -0.2) is 8.42 Å². The summed E-state index contributed by atoms with van der Waals surface area (Å²) in [5.41, 5.74) is 2.46. The first kappa shape index (κ1) is 23.3.